The van der Waals surface area contributed by atoms with Gasteiger partial charge in [0.1, 0.15) is 5.82 Å². The molecule has 1 aliphatic carbocycles. The van der Waals surface area contributed by atoms with Crippen molar-refractivity contribution in [1.82, 2.24) is 9.88 Å². The molecule has 4 rings (SSSR count). The molecule has 2 fully saturated rings. The van der Waals surface area contributed by atoms with Crippen molar-refractivity contribution in [2.45, 2.75) is 25.2 Å². The Bertz CT molecular complexity index is 731. The van der Waals surface area contributed by atoms with Gasteiger partial charge in [0.15, 0.2) is 5.78 Å². The Morgan fingerprint density at radius 1 is 1.20 bits per heavy atom. The fourth-order valence-electron chi connectivity index (χ4n) is 4.40. The number of hydrogen-bond acceptors (Lipinski definition) is 3. The number of pyridine rings is 1. The summed E-state index contributed by atoms with van der Waals surface area (Å²) in [6, 6.07) is 10.1. The predicted octanol–water partition coefficient (Wildman–Crippen LogP) is 3.92. The van der Waals surface area contributed by atoms with Crippen LogP contribution in [0.1, 0.15) is 41.1 Å². The van der Waals surface area contributed by atoms with Crippen molar-refractivity contribution in [2.75, 3.05) is 19.6 Å². The van der Waals surface area contributed by atoms with E-state index in [4.69, 9.17) is 0 Å². The third-order valence-electron chi connectivity index (χ3n) is 5.80. The van der Waals surface area contributed by atoms with E-state index in [2.05, 4.69) is 16.0 Å². The zero-order chi connectivity index (χ0) is 17.2. The maximum atomic E-state index is 12.9. The van der Waals surface area contributed by atoms with Gasteiger partial charge in [0.2, 0.25) is 0 Å². The third kappa shape index (κ3) is 3.49. The van der Waals surface area contributed by atoms with Crippen LogP contribution in [0.3, 0.4) is 0 Å². The van der Waals surface area contributed by atoms with Gasteiger partial charge in [0, 0.05) is 37.5 Å². The van der Waals surface area contributed by atoms with E-state index in [9.17, 15) is 9.18 Å². The summed E-state index contributed by atoms with van der Waals surface area (Å²) in [6.45, 7) is 3.26. The summed E-state index contributed by atoms with van der Waals surface area (Å²) in [5.41, 5.74) is 1.98. The molecule has 0 amide bonds. The van der Waals surface area contributed by atoms with E-state index in [0.29, 0.717) is 17.9 Å². The van der Waals surface area contributed by atoms with Gasteiger partial charge in [-0.25, -0.2) is 4.39 Å². The van der Waals surface area contributed by atoms with Crippen LogP contribution in [0.15, 0.2) is 48.8 Å². The molecule has 2 aliphatic rings. The van der Waals surface area contributed by atoms with Gasteiger partial charge in [-0.15, -0.1) is 0 Å². The highest BCUT2D eigenvalue weighted by Gasteiger charge is 2.47. The molecule has 3 unspecified atom stereocenters. The van der Waals surface area contributed by atoms with Crippen molar-refractivity contribution < 1.29 is 9.18 Å². The summed E-state index contributed by atoms with van der Waals surface area (Å²) in [5, 5.41) is 0. The number of aromatic nitrogens is 1. The number of rotatable bonds is 6. The minimum absolute atomic E-state index is 0.107. The van der Waals surface area contributed by atoms with E-state index in [-0.39, 0.29) is 11.6 Å². The maximum absolute atomic E-state index is 12.9. The van der Waals surface area contributed by atoms with Crippen molar-refractivity contribution in [3.8, 4) is 0 Å². The summed E-state index contributed by atoms with van der Waals surface area (Å²) >= 11 is 0. The van der Waals surface area contributed by atoms with Gasteiger partial charge in [-0.3, -0.25) is 9.78 Å². The van der Waals surface area contributed by atoms with E-state index in [1.807, 2.05) is 18.5 Å². The Labute approximate surface area is 147 Å². The van der Waals surface area contributed by atoms with Gasteiger partial charge in [0.25, 0.3) is 0 Å². The standard InChI is InChI=1S/C21H23FN2O/c22-18-7-5-15(6-8-18)21(25)4-2-10-24-13-17-11-19(20(17)14-24)16-3-1-9-23-12-16/h1,3,5-9,12,17,19-20H,2,4,10-11,13-14H2. The molecule has 25 heavy (non-hydrogen) atoms. The monoisotopic (exact) mass is 338 g/mol. The zero-order valence-corrected chi connectivity index (χ0v) is 14.3. The van der Waals surface area contributed by atoms with Gasteiger partial charge in [0.05, 0.1) is 0 Å². The minimum atomic E-state index is -0.299. The van der Waals surface area contributed by atoms with Crippen LogP contribution in [0.4, 0.5) is 4.39 Å². The van der Waals surface area contributed by atoms with Gasteiger partial charge in [-0.2, -0.15) is 0 Å². The van der Waals surface area contributed by atoms with Crippen LogP contribution in [-0.2, 0) is 0 Å². The molecule has 1 saturated carbocycles. The average molecular weight is 338 g/mol. The lowest BCUT2D eigenvalue weighted by molar-refractivity contribution is 0.0976. The topological polar surface area (TPSA) is 33.2 Å². The number of hydrogen-bond donors (Lipinski definition) is 0. The van der Waals surface area contributed by atoms with Crippen LogP contribution < -0.4 is 0 Å². The Morgan fingerprint density at radius 3 is 2.80 bits per heavy atom. The first-order chi connectivity index (χ1) is 12.2. The molecule has 1 saturated heterocycles. The number of fused-ring (bicyclic) bond motifs is 1. The summed E-state index contributed by atoms with van der Waals surface area (Å²) in [4.78, 5) is 18.9. The van der Waals surface area contributed by atoms with Crippen LogP contribution in [0.5, 0.6) is 0 Å². The van der Waals surface area contributed by atoms with Crippen molar-refractivity contribution >= 4 is 5.78 Å². The second-order valence-electron chi connectivity index (χ2n) is 7.35. The predicted molar refractivity (Wildman–Crippen MR) is 95.0 cm³/mol. The zero-order valence-electron chi connectivity index (χ0n) is 14.3. The molecule has 1 aliphatic heterocycles. The Kier molecular flexibility index (Phi) is 4.62. The van der Waals surface area contributed by atoms with Crippen molar-refractivity contribution in [2.24, 2.45) is 11.8 Å². The van der Waals surface area contributed by atoms with Crippen LogP contribution in [0.25, 0.3) is 0 Å². The van der Waals surface area contributed by atoms with Gasteiger partial charge < -0.3 is 4.90 Å². The Hall–Kier alpha value is -2.07. The lowest BCUT2D eigenvalue weighted by Crippen LogP contribution is -2.33. The molecule has 3 atom stereocenters. The van der Waals surface area contributed by atoms with Crippen LogP contribution in [-0.4, -0.2) is 35.3 Å². The second-order valence-corrected chi connectivity index (χ2v) is 7.35. The van der Waals surface area contributed by atoms with Gasteiger partial charge in [-0.1, -0.05) is 6.07 Å². The minimum Gasteiger partial charge on any atom is -0.303 e. The average Bonchev–Trinajstić information content (AvgIpc) is 2.93. The normalized spacial score (nSPS) is 25.4. The van der Waals surface area contributed by atoms with Crippen molar-refractivity contribution in [3.05, 3.63) is 65.7 Å². The first-order valence-corrected chi connectivity index (χ1v) is 9.12. The van der Waals surface area contributed by atoms with Crippen LogP contribution in [0, 0.1) is 17.7 Å². The lowest BCUT2D eigenvalue weighted by Gasteiger charge is -2.39. The molecule has 1 aromatic carbocycles. The summed E-state index contributed by atoms with van der Waals surface area (Å²) < 4.78 is 12.9. The molecule has 2 aromatic rings. The molecule has 3 nitrogen and oxygen atoms in total. The fraction of sp³-hybridized carbons (Fsp3) is 0.429. The smallest absolute Gasteiger partial charge is 0.162 e. The van der Waals surface area contributed by atoms with Crippen molar-refractivity contribution in [3.63, 3.8) is 0 Å². The number of carbonyl (C=O) groups is 1. The largest absolute Gasteiger partial charge is 0.303 e. The highest BCUT2D eigenvalue weighted by atomic mass is 19.1. The molecule has 0 bridgehead atoms. The molecule has 4 heteroatoms. The SMILES string of the molecule is O=C(CCCN1CC2CC(c3cccnc3)C2C1)c1ccc(F)cc1. The molecule has 2 heterocycles. The van der Waals surface area contributed by atoms with E-state index < -0.39 is 0 Å². The number of likely N-dealkylation sites (tertiary alicyclic amines) is 1. The third-order valence-corrected chi connectivity index (χ3v) is 5.80. The Morgan fingerprint density at radius 2 is 2.04 bits per heavy atom. The molecular formula is C21H23FN2O. The van der Waals surface area contributed by atoms with Gasteiger partial charge in [-0.05, 0) is 73.0 Å². The van der Waals surface area contributed by atoms with Gasteiger partial charge >= 0.3 is 0 Å². The highest BCUT2D eigenvalue weighted by Crippen LogP contribution is 2.51. The van der Waals surface area contributed by atoms with E-state index >= 15 is 0 Å². The molecule has 1 aromatic heterocycles. The molecular weight excluding hydrogens is 315 g/mol. The number of ketones is 1. The molecule has 130 valence electrons. The molecule has 0 N–H and O–H groups in total. The lowest BCUT2D eigenvalue weighted by atomic mass is 9.64. The number of halogens is 1. The first kappa shape index (κ1) is 16.4. The van der Waals surface area contributed by atoms with Crippen LogP contribution in [0.2, 0.25) is 0 Å². The maximum Gasteiger partial charge on any atom is 0.162 e. The van der Waals surface area contributed by atoms with E-state index in [0.717, 1.165) is 37.9 Å². The number of Topliss-reactive ketones (excluding diaryl/α,β-unsaturated/α-hetero) is 1. The summed E-state index contributed by atoms with van der Waals surface area (Å²) in [6.07, 6.45) is 6.50. The molecule has 0 spiro atoms. The quantitative estimate of drug-likeness (QED) is 0.749. The van der Waals surface area contributed by atoms with Crippen LogP contribution >= 0.6 is 0 Å². The van der Waals surface area contributed by atoms with Crippen molar-refractivity contribution in [1.29, 1.82) is 0 Å². The number of benzene rings is 1. The number of carbonyl (C=O) groups excluding carboxylic acids is 1. The van der Waals surface area contributed by atoms with E-state index in [1.54, 1.807) is 12.1 Å². The summed E-state index contributed by atoms with van der Waals surface area (Å²) in [7, 11) is 0. The summed E-state index contributed by atoms with van der Waals surface area (Å²) in [5.74, 6) is 2.02. The Balaban J connectivity index is 1.24. The highest BCUT2D eigenvalue weighted by molar-refractivity contribution is 5.95. The second kappa shape index (κ2) is 7.04. The first-order valence-electron chi connectivity index (χ1n) is 9.12. The fourth-order valence-corrected chi connectivity index (χ4v) is 4.40. The number of nitrogens with zero attached hydrogens (tertiary/aromatic N) is 2. The van der Waals surface area contributed by atoms with E-state index in [1.165, 1.54) is 24.1 Å². The molecule has 0 radical (unpaired) electrons.